The molecule has 1 aromatic rings. The van der Waals surface area contributed by atoms with Crippen LogP contribution >= 0.6 is 23.4 Å². The normalized spacial score (nSPS) is 29.9. The van der Waals surface area contributed by atoms with Crippen LogP contribution in [0.1, 0.15) is 51.5 Å². The summed E-state index contributed by atoms with van der Waals surface area (Å²) in [5.41, 5.74) is 1.47. The van der Waals surface area contributed by atoms with E-state index in [1.54, 1.807) is 40.6 Å². The quantitative estimate of drug-likeness (QED) is 0.251. The SMILES string of the molecule is C=CCN(C(=O)C1N(CCCCCO)C(=O)[C@@H]2[C@@H](C(=O)OCC)[C@@]3(C)CCC12S3)c1c(C)cccc1Cl. The summed E-state index contributed by atoms with van der Waals surface area (Å²) in [6, 6.07) is 4.78. The fourth-order valence-electron chi connectivity index (χ4n) is 6.64. The van der Waals surface area contributed by atoms with Crippen LogP contribution in [0.3, 0.4) is 0 Å². The molecule has 1 aromatic carbocycles. The Kier molecular flexibility index (Phi) is 8.31. The van der Waals surface area contributed by atoms with E-state index in [1.807, 2.05) is 26.0 Å². The predicted molar refractivity (Wildman–Crippen MR) is 147 cm³/mol. The number of para-hydroxylation sites is 1. The van der Waals surface area contributed by atoms with E-state index in [0.29, 0.717) is 36.5 Å². The summed E-state index contributed by atoms with van der Waals surface area (Å²) in [6.07, 6.45) is 5.12. The fraction of sp³-hybridized carbons (Fsp3) is 0.607. The predicted octanol–water partition coefficient (Wildman–Crippen LogP) is 4.37. The number of hydrogen-bond acceptors (Lipinski definition) is 6. The monoisotopic (exact) mass is 548 g/mol. The van der Waals surface area contributed by atoms with Gasteiger partial charge in [0.1, 0.15) is 6.04 Å². The van der Waals surface area contributed by atoms with Crippen molar-refractivity contribution in [2.75, 3.05) is 31.2 Å². The van der Waals surface area contributed by atoms with Crippen molar-refractivity contribution in [2.24, 2.45) is 11.8 Å². The van der Waals surface area contributed by atoms with Crippen LogP contribution in [0.2, 0.25) is 5.02 Å². The molecule has 0 aromatic heterocycles. The highest BCUT2D eigenvalue weighted by Gasteiger charge is 2.77. The van der Waals surface area contributed by atoms with Crippen molar-refractivity contribution < 1.29 is 24.2 Å². The van der Waals surface area contributed by atoms with Gasteiger partial charge in [0, 0.05) is 24.4 Å². The zero-order chi connectivity index (χ0) is 27.0. The summed E-state index contributed by atoms with van der Waals surface area (Å²) < 4.78 is 4.27. The summed E-state index contributed by atoms with van der Waals surface area (Å²) in [5, 5.41) is 9.69. The van der Waals surface area contributed by atoms with Gasteiger partial charge in [-0.3, -0.25) is 14.4 Å². The van der Waals surface area contributed by atoms with Gasteiger partial charge in [0.2, 0.25) is 5.91 Å². The maximum absolute atomic E-state index is 14.6. The summed E-state index contributed by atoms with van der Waals surface area (Å²) in [6.45, 7) is 10.6. The van der Waals surface area contributed by atoms with E-state index < -0.39 is 27.4 Å². The molecule has 3 saturated heterocycles. The van der Waals surface area contributed by atoms with Gasteiger partial charge in [-0.05, 0) is 64.5 Å². The van der Waals surface area contributed by atoms with Gasteiger partial charge >= 0.3 is 5.97 Å². The summed E-state index contributed by atoms with van der Waals surface area (Å²) in [4.78, 5) is 45.2. The molecule has 2 bridgehead atoms. The van der Waals surface area contributed by atoms with Gasteiger partial charge in [-0.25, -0.2) is 0 Å². The average molecular weight is 549 g/mol. The Morgan fingerprint density at radius 2 is 2.08 bits per heavy atom. The number of carbonyl (C=O) groups excluding carboxylic acids is 3. The number of fused-ring (bicyclic) bond motifs is 1. The van der Waals surface area contributed by atoms with Gasteiger partial charge in [0.15, 0.2) is 0 Å². The molecule has 7 nitrogen and oxygen atoms in total. The molecule has 3 aliphatic heterocycles. The van der Waals surface area contributed by atoms with E-state index >= 15 is 0 Å². The van der Waals surface area contributed by atoms with Crippen molar-refractivity contribution >= 4 is 46.8 Å². The number of nitrogens with zero attached hydrogens (tertiary/aromatic N) is 2. The van der Waals surface area contributed by atoms with E-state index in [4.69, 9.17) is 16.3 Å². The van der Waals surface area contributed by atoms with Crippen LogP contribution in [-0.2, 0) is 19.1 Å². The first kappa shape index (κ1) is 28.0. The number of esters is 1. The number of aliphatic hydroxyl groups is 1. The third-order valence-electron chi connectivity index (χ3n) is 8.14. The van der Waals surface area contributed by atoms with Crippen molar-refractivity contribution in [1.82, 2.24) is 4.90 Å². The van der Waals surface area contributed by atoms with Crippen LogP contribution in [-0.4, -0.2) is 69.6 Å². The van der Waals surface area contributed by atoms with E-state index in [1.165, 1.54) is 0 Å². The Labute approximate surface area is 228 Å². The molecular weight excluding hydrogens is 512 g/mol. The number of unbranched alkanes of at least 4 members (excludes halogenated alkanes) is 2. The number of halogens is 1. The number of hydrogen-bond donors (Lipinski definition) is 1. The highest BCUT2D eigenvalue weighted by Crippen LogP contribution is 2.71. The topological polar surface area (TPSA) is 87.2 Å². The van der Waals surface area contributed by atoms with Crippen LogP contribution < -0.4 is 4.90 Å². The second kappa shape index (κ2) is 11.0. The van der Waals surface area contributed by atoms with Crippen molar-refractivity contribution in [1.29, 1.82) is 0 Å². The third-order valence-corrected chi connectivity index (χ3v) is 10.4. The van der Waals surface area contributed by atoms with Crippen molar-refractivity contribution in [2.45, 2.75) is 68.4 Å². The van der Waals surface area contributed by atoms with Gasteiger partial charge < -0.3 is 19.6 Å². The Balaban J connectivity index is 1.79. The number of likely N-dealkylation sites (tertiary alicyclic amines) is 1. The number of anilines is 1. The molecule has 9 heteroatoms. The minimum atomic E-state index is -0.735. The lowest BCUT2D eigenvalue weighted by atomic mass is 9.66. The molecule has 1 spiro atoms. The number of amides is 2. The molecule has 0 radical (unpaired) electrons. The van der Waals surface area contributed by atoms with Gasteiger partial charge in [-0.1, -0.05) is 29.8 Å². The lowest BCUT2D eigenvalue weighted by molar-refractivity contribution is -0.155. The molecule has 0 saturated carbocycles. The van der Waals surface area contributed by atoms with Gasteiger partial charge in [-0.2, -0.15) is 0 Å². The van der Waals surface area contributed by atoms with Crippen LogP contribution in [0.5, 0.6) is 0 Å². The number of ether oxygens (including phenoxy) is 1. The molecule has 202 valence electrons. The number of rotatable bonds is 11. The van der Waals surface area contributed by atoms with Gasteiger partial charge in [0.25, 0.3) is 5.91 Å². The molecule has 3 fully saturated rings. The molecule has 2 unspecified atom stereocenters. The zero-order valence-corrected chi connectivity index (χ0v) is 23.4. The van der Waals surface area contributed by atoms with Crippen LogP contribution in [0.4, 0.5) is 5.69 Å². The van der Waals surface area contributed by atoms with Crippen LogP contribution in [0, 0.1) is 18.8 Å². The lowest BCUT2D eigenvalue weighted by Crippen LogP contribution is -2.55. The molecular formula is C28H37ClN2O5S. The first-order chi connectivity index (χ1) is 17.7. The number of carbonyl (C=O) groups is 3. The molecule has 3 aliphatic rings. The Morgan fingerprint density at radius 1 is 1.32 bits per heavy atom. The largest absolute Gasteiger partial charge is 0.466 e. The van der Waals surface area contributed by atoms with E-state index in [-0.39, 0.29) is 37.5 Å². The minimum Gasteiger partial charge on any atom is -0.466 e. The summed E-state index contributed by atoms with van der Waals surface area (Å²) in [5.74, 6) is -1.90. The fourth-order valence-corrected chi connectivity index (χ4v) is 9.30. The second-order valence-electron chi connectivity index (χ2n) is 10.4. The Hall–Kier alpha value is -2.03. The highest BCUT2D eigenvalue weighted by atomic mass is 35.5. The smallest absolute Gasteiger partial charge is 0.311 e. The van der Waals surface area contributed by atoms with Crippen LogP contribution in [0.15, 0.2) is 30.9 Å². The van der Waals surface area contributed by atoms with Crippen molar-refractivity contribution in [3.63, 3.8) is 0 Å². The molecule has 3 heterocycles. The summed E-state index contributed by atoms with van der Waals surface area (Å²) >= 11 is 8.24. The molecule has 1 N–H and O–H groups in total. The number of benzene rings is 1. The lowest BCUT2D eigenvalue weighted by Gasteiger charge is -2.37. The third kappa shape index (κ3) is 4.59. The van der Waals surface area contributed by atoms with Crippen molar-refractivity contribution in [3.8, 4) is 0 Å². The van der Waals surface area contributed by atoms with Gasteiger partial charge in [0.05, 0.1) is 33.9 Å². The van der Waals surface area contributed by atoms with Crippen molar-refractivity contribution in [3.05, 3.63) is 41.4 Å². The molecule has 0 aliphatic carbocycles. The zero-order valence-electron chi connectivity index (χ0n) is 21.9. The highest BCUT2D eigenvalue weighted by molar-refractivity contribution is 8.02. The summed E-state index contributed by atoms with van der Waals surface area (Å²) in [7, 11) is 0. The van der Waals surface area contributed by atoms with Gasteiger partial charge in [-0.15, -0.1) is 18.3 Å². The number of aryl methyl sites for hydroxylation is 1. The maximum Gasteiger partial charge on any atom is 0.311 e. The van der Waals surface area contributed by atoms with E-state index in [0.717, 1.165) is 18.4 Å². The average Bonchev–Trinajstić information content (AvgIpc) is 3.41. The number of aliphatic hydroxyl groups excluding tert-OH is 1. The molecule has 2 amide bonds. The van der Waals surface area contributed by atoms with E-state index in [9.17, 15) is 19.5 Å². The molecule has 37 heavy (non-hydrogen) atoms. The Morgan fingerprint density at radius 3 is 2.73 bits per heavy atom. The van der Waals surface area contributed by atoms with Crippen LogP contribution in [0.25, 0.3) is 0 Å². The molecule has 5 atom stereocenters. The first-order valence-electron chi connectivity index (χ1n) is 13.1. The number of thioether (sulfide) groups is 1. The van der Waals surface area contributed by atoms with E-state index in [2.05, 4.69) is 6.58 Å². The second-order valence-corrected chi connectivity index (χ2v) is 12.7. The maximum atomic E-state index is 14.6. The first-order valence-corrected chi connectivity index (χ1v) is 14.3. The molecule has 4 rings (SSSR count). The standard InChI is InChI=1S/C28H37ClN2O5S/c1-5-15-30(22-18(3)11-10-12-19(22)29)25(34)23-28-14-13-27(4,37-28)21(26(35)36-6-2)20(28)24(33)31(23)16-8-7-9-17-32/h5,10-12,20-21,23,32H,1,6-9,13-17H2,2-4H3/t20-,21-,23?,27+,28?/m0/s1. The Bertz CT molecular complexity index is 1060. The minimum absolute atomic E-state index is 0.0842.